The van der Waals surface area contributed by atoms with Crippen LogP contribution in [-0.2, 0) is 6.54 Å². The number of hydrogen-bond donors (Lipinski definition) is 1. The highest BCUT2D eigenvalue weighted by molar-refractivity contribution is 5.74. The molecule has 2 amide bonds. The van der Waals surface area contributed by atoms with E-state index in [-0.39, 0.29) is 12.1 Å². The van der Waals surface area contributed by atoms with Gasteiger partial charge in [0.1, 0.15) is 11.5 Å². The molecule has 0 bridgehead atoms. The summed E-state index contributed by atoms with van der Waals surface area (Å²) in [5.74, 6) is 1.60. The molecule has 140 valence electrons. The number of carbonyl (C=O) groups is 1. The molecular weight excluding hydrogens is 328 g/mol. The lowest BCUT2D eigenvalue weighted by Crippen LogP contribution is -2.38. The number of benzene rings is 2. The van der Waals surface area contributed by atoms with E-state index in [9.17, 15) is 4.79 Å². The summed E-state index contributed by atoms with van der Waals surface area (Å²) in [6.07, 6.45) is 0.943. The van der Waals surface area contributed by atoms with Crippen LogP contribution in [0.15, 0.2) is 48.5 Å². The SMILES string of the molecule is CCCOc1ccccc1[C@H](C)NC(=O)N(C)Cc1cccc(OC)c1. The Morgan fingerprint density at radius 3 is 2.69 bits per heavy atom. The first-order chi connectivity index (χ1) is 12.5. The van der Waals surface area contributed by atoms with Crippen LogP contribution >= 0.6 is 0 Å². The Morgan fingerprint density at radius 2 is 1.96 bits per heavy atom. The number of rotatable bonds is 8. The van der Waals surface area contributed by atoms with E-state index in [1.165, 1.54) is 0 Å². The van der Waals surface area contributed by atoms with Gasteiger partial charge in [0.15, 0.2) is 0 Å². The number of nitrogens with one attached hydrogen (secondary N) is 1. The molecule has 26 heavy (non-hydrogen) atoms. The van der Waals surface area contributed by atoms with E-state index in [0.717, 1.165) is 29.0 Å². The Balaban J connectivity index is 1.99. The van der Waals surface area contributed by atoms with Crippen molar-refractivity contribution in [3.8, 4) is 11.5 Å². The number of ether oxygens (including phenoxy) is 2. The van der Waals surface area contributed by atoms with E-state index < -0.39 is 0 Å². The molecule has 0 radical (unpaired) electrons. The summed E-state index contributed by atoms with van der Waals surface area (Å²) in [5, 5.41) is 3.04. The van der Waals surface area contributed by atoms with Crippen molar-refractivity contribution in [3.63, 3.8) is 0 Å². The minimum atomic E-state index is -0.150. The molecule has 0 fully saturated rings. The summed E-state index contributed by atoms with van der Waals surface area (Å²) in [6, 6.07) is 15.3. The van der Waals surface area contributed by atoms with Gasteiger partial charge in [-0.3, -0.25) is 0 Å². The minimum Gasteiger partial charge on any atom is -0.497 e. The topological polar surface area (TPSA) is 50.8 Å². The second kappa shape index (κ2) is 9.70. The molecule has 0 aliphatic rings. The maximum atomic E-state index is 12.6. The van der Waals surface area contributed by atoms with Gasteiger partial charge in [-0.2, -0.15) is 0 Å². The number of carbonyl (C=O) groups excluding carboxylic acids is 1. The van der Waals surface area contributed by atoms with Crippen LogP contribution < -0.4 is 14.8 Å². The Hall–Kier alpha value is -2.69. The standard InChI is InChI=1S/C21H28N2O3/c1-5-13-26-20-12-7-6-11-19(20)16(2)22-21(24)23(3)15-17-9-8-10-18(14-17)25-4/h6-12,14,16H,5,13,15H2,1-4H3,(H,22,24)/t16-/m0/s1. The van der Waals surface area contributed by atoms with E-state index >= 15 is 0 Å². The fourth-order valence-electron chi connectivity index (χ4n) is 2.67. The first kappa shape index (κ1) is 19.6. The molecule has 0 aliphatic heterocycles. The maximum Gasteiger partial charge on any atom is 0.317 e. The van der Waals surface area contributed by atoms with E-state index in [1.807, 2.05) is 55.5 Å². The zero-order chi connectivity index (χ0) is 18.9. The summed E-state index contributed by atoms with van der Waals surface area (Å²) >= 11 is 0. The summed E-state index contributed by atoms with van der Waals surface area (Å²) < 4.78 is 11.0. The molecule has 0 aromatic heterocycles. The third kappa shape index (κ3) is 5.41. The normalized spacial score (nSPS) is 11.5. The van der Waals surface area contributed by atoms with Gasteiger partial charge in [-0.25, -0.2) is 4.79 Å². The molecule has 5 nitrogen and oxygen atoms in total. The summed E-state index contributed by atoms with van der Waals surface area (Å²) in [5.41, 5.74) is 1.99. The van der Waals surface area contributed by atoms with Crippen molar-refractivity contribution in [1.29, 1.82) is 0 Å². The van der Waals surface area contributed by atoms with E-state index in [2.05, 4.69) is 12.2 Å². The second-order valence-electron chi connectivity index (χ2n) is 6.27. The number of urea groups is 1. The van der Waals surface area contributed by atoms with E-state index in [0.29, 0.717) is 13.2 Å². The number of para-hydroxylation sites is 1. The van der Waals surface area contributed by atoms with Crippen molar-refractivity contribution >= 4 is 6.03 Å². The van der Waals surface area contributed by atoms with Crippen LogP contribution in [0.5, 0.6) is 11.5 Å². The lowest BCUT2D eigenvalue weighted by atomic mass is 10.1. The zero-order valence-electron chi connectivity index (χ0n) is 16.0. The van der Waals surface area contributed by atoms with Crippen molar-refractivity contribution in [3.05, 3.63) is 59.7 Å². The fraction of sp³-hybridized carbons (Fsp3) is 0.381. The summed E-state index contributed by atoms with van der Waals surface area (Å²) in [7, 11) is 3.41. The second-order valence-corrected chi connectivity index (χ2v) is 6.27. The van der Waals surface area contributed by atoms with Gasteiger partial charge in [0.25, 0.3) is 0 Å². The van der Waals surface area contributed by atoms with Crippen LogP contribution in [0, 0.1) is 0 Å². The van der Waals surface area contributed by atoms with Crippen LogP contribution in [-0.4, -0.2) is 31.7 Å². The largest absolute Gasteiger partial charge is 0.497 e. The fourth-order valence-corrected chi connectivity index (χ4v) is 2.67. The highest BCUT2D eigenvalue weighted by Gasteiger charge is 2.16. The summed E-state index contributed by atoms with van der Waals surface area (Å²) in [6.45, 7) is 5.20. The average Bonchev–Trinajstić information content (AvgIpc) is 2.66. The highest BCUT2D eigenvalue weighted by atomic mass is 16.5. The zero-order valence-corrected chi connectivity index (χ0v) is 16.0. The van der Waals surface area contributed by atoms with E-state index in [1.54, 1.807) is 19.1 Å². The van der Waals surface area contributed by atoms with Gasteiger partial charge >= 0.3 is 6.03 Å². The number of nitrogens with zero attached hydrogens (tertiary/aromatic N) is 1. The molecule has 5 heteroatoms. The number of methoxy groups -OCH3 is 1. The number of amides is 2. The molecule has 1 atom stereocenters. The van der Waals surface area contributed by atoms with Crippen LogP contribution in [0.3, 0.4) is 0 Å². The minimum absolute atomic E-state index is 0.134. The van der Waals surface area contributed by atoms with Crippen molar-refractivity contribution in [2.24, 2.45) is 0 Å². The van der Waals surface area contributed by atoms with Crippen molar-refractivity contribution in [2.75, 3.05) is 20.8 Å². The Labute approximate surface area is 155 Å². The Morgan fingerprint density at radius 1 is 1.19 bits per heavy atom. The van der Waals surface area contributed by atoms with Gasteiger partial charge in [0, 0.05) is 19.2 Å². The van der Waals surface area contributed by atoms with E-state index in [4.69, 9.17) is 9.47 Å². The first-order valence-corrected chi connectivity index (χ1v) is 8.91. The lowest BCUT2D eigenvalue weighted by Gasteiger charge is -2.23. The van der Waals surface area contributed by atoms with Crippen LogP contribution in [0.2, 0.25) is 0 Å². The molecule has 2 aromatic rings. The van der Waals surface area contributed by atoms with Gasteiger partial charge in [-0.1, -0.05) is 37.3 Å². The average molecular weight is 356 g/mol. The Kier molecular flexibility index (Phi) is 7.33. The van der Waals surface area contributed by atoms with Gasteiger partial charge in [-0.15, -0.1) is 0 Å². The third-order valence-electron chi connectivity index (χ3n) is 4.09. The molecule has 0 spiro atoms. The molecule has 0 aliphatic carbocycles. The van der Waals surface area contributed by atoms with Crippen molar-refractivity contribution in [2.45, 2.75) is 32.9 Å². The predicted molar refractivity (Wildman–Crippen MR) is 104 cm³/mol. The van der Waals surface area contributed by atoms with Crippen LogP contribution in [0.4, 0.5) is 4.79 Å². The van der Waals surface area contributed by atoms with Crippen LogP contribution in [0.25, 0.3) is 0 Å². The lowest BCUT2D eigenvalue weighted by molar-refractivity contribution is 0.203. The summed E-state index contributed by atoms with van der Waals surface area (Å²) in [4.78, 5) is 14.2. The van der Waals surface area contributed by atoms with Gasteiger partial charge in [-0.05, 0) is 37.1 Å². The van der Waals surface area contributed by atoms with Crippen molar-refractivity contribution < 1.29 is 14.3 Å². The molecule has 0 heterocycles. The predicted octanol–water partition coefficient (Wildman–Crippen LogP) is 4.39. The molecular formula is C21H28N2O3. The quantitative estimate of drug-likeness (QED) is 0.763. The molecule has 2 aromatic carbocycles. The molecule has 0 saturated heterocycles. The number of hydrogen-bond acceptors (Lipinski definition) is 3. The first-order valence-electron chi connectivity index (χ1n) is 8.91. The van der Waals surface area contributed by atoms with Gasteiger partial charge in [0.05, 0.1) is 19.8 Å². The van der Waals surface area contributed by atoms with Gasteiger partial charge in [0.2, 0.25) is 0 Å². The third-order valence-corrected chi connectivity index (χ3v) is 4.09. The van der Waals surface area contributed by atoms with Gasteiger partial charge < -0.3 is 19.7 Å². The molecule has 0 unspecified atom stereocenters. The monoisotopic (exact) mass is 356 g/mol. The molecule has 2 rings (SSSR count). The van der Waals surface area contributed by atoms with Crippen LogP contribution in [0.1, 0.15) is 37.4 Å². The smallest absolute Gasteiger partial charge is 0.317 e. The highest BCUT2D eigenvalue weighted by Crippen LogP contribution is 2.25. The molecule has 0 saturated carbocycles. The molecule has 1 N–H and O–H groups in total. The van der Waals surface area contributed by atoms with Crippen molar-refractivity contribution in [1.82, 2.24) is 10.2 Å². The Bertz CT molecular complexity index is 718. The maximum absolute atomic E-state index is 12.6.